The smallest absolute Gasteiger partial charge is 0.328 e. The number of hydrogen-bond donors (Lipinski definition) is 1. The van der Waals surface area contributed by atoms with Crippen molar-refractivity contribution in [3.63, 3.8) is 0 Å². The molecule has 1 aromatic carbocycles. The molecule has 0 unspecified atom stereocenters. The van der Waals surface area contributed by atoms with Crippen LogP contribution in [-0.2, 0) is 33.3 Å². The Balaban J connectivity index is 2.20. The van der Waals surface area contributed by atoms with Gasteiger partial charge in [0, 0.05) is 20.8 Å². The molecule has 2 heterocycles. The fourth-order valence-corrected chi connectivity index (χ4v) is 3.93. The summed E-state index contributed by atoms with van der Waals surface area (Å²) in [6, 6.07) is 1.19. The molecule has 0 bridgehead atoms. The fraction of sp³-hybridized carbons (Fsp3) is 0.444. The zero-order chi connectivity index (χ0) is 24.6. The highest BCUT2D eigenvalue weighted by molar-refractivity contribution is 6.44. The first-order valence-corrected chi connectivity index (χ1v) is 10.1. The lowest BCUT2D eigenvalue weighted by Gasteiger charge is -2.23. The van der Waals surface area contributed by atoms with E-state index >= 15 is 0 Å². The van der Waals surface area contributed by atoms with Gasteiger partial charge in [-0.05, 0) is 6.07 Å². The number of nitrogens with zero attached hydrogens (tertiary/aromatic N) is 2. The van der Waals surface area contributed by atoms with Gasteiger partial charge in [0.2, 0.25) is 0 Å². The number of esters is 3. The third-order valence-corrected chi connectivity index (χ3v) is 5.44. The van der Waals surface area contributed by atoms with E-state index in [1.54, 1.807) is 0 Å². The summed E-state index contributed by atoms with van der Waals surface area (Å²) in [5, 5.41) is 10.9. The van der Waals surface area contributed by atoms with Gasteiger partial charge in [0.05, 0.1) is 15.5 Å². The van der Waals surface area contributed by atoms with E-state index < -0.39 is 70.4 Å². The van der Waals surface area contributed by atoms with Crippen LogP contribution >= 0.6 is 23.2 Å². The number of ether oxygens (including phenoxy) is 4. The summed E-state index contributed by atoms with van der Waals surface area (Å²) in [7, 11) is 0. The second kappa shape index (κ2) is 9.37. The molecule has 2 aromatic rings. The molecule has 0 radical (unpaired) electrons. The minimum atomic E-state index is -1.43. The highest BCUT2D eigenvalue weighted by atomic mass is 35.5. The van der Waals surface area contributed by atoms with Crippen molar-refractivity contribution in [3.05, 3.63) is 36.7 Å². The number of nitro groups is 1. The molecule has 1 aromatic heterocycles. The van der Waals surface area contributed by atoms with Gasteiger partial charge in [-0.25, -0.2) is 4.79 Å². The summed E-state index contributed by atoms with van der Waals surface area (Å²) >= 11 is 12.0. The average molecular weight is 506 g/mol. The van der Waals surface area contributed by atoms with Crippen LogP contribution in [0, 0.1) is 10.1 Å². The van der Waals surface area contributed by atoms with Crippen LogP contribution in [0.5, 0.6) is 0 Å². The van der Waals surface area contributed by atoms with Crippen LogP contribution in [0.2, 0.25) is 10.0 Å². The first-order valence-electron chi connectivity index (χ1n) is 9.32. The third kappa shape index (κ3) is 4.79. The summed E-state index contributed by atoms with van der Waals surface area (Å²) in [4.78, 5) is 60.6. The number of imidazole rings is 1. The predicted octanol–water partition coefficient (Wildman–Crippen LogP) is 1.87. The van der Waals surface area contributed by atoms with Crippen LogP contribution in [0.4, 0.5) is 5.69 Å². The number of fused-ring (bicyclic) bond motifs is 1. The Labute approximate surface area is 194 Å². The van der Waals surface area contributed by atoms with E-state index in [1.807, 2.05) is 0 Å². The second-order valence-electron chi connectivity index (χ2n) is 6.99. The largest absolute Gasteiger partial charge is 0.463 e. The summed E-state index contributed by atoms with van der Waals surface area (Å²) in [6.45, 7) is 2.93. The Hall–Kier alpha value is -3.16. The molecule has 0 saturated carbocycles. The zero-order valence-corrected chi connectivity index (χ0v) is 18.8. The van der Waals surface area contributed by atoms with E-state index in [1.165, 1.54) is 6.07 Å². The van der Waals surface area contributed by atoms with Crippen molar-refractivity contribution < 1.29 is 38.3 Å². The van der Waals surface area contributed by atoms with Gasteiger partial charge in [-0.1, -0.05) is 23.2 Å². The number of nitro benzene ring substituents is 1. The Morgan fingerprint density at radius 3 is 2.30 bits per heavy atom. The second-order valence-corrected chi connectivity index (χ2v) is 7.77. The highest BCUT2D eigenvalue weighted by Crippen LogP contribution is 2.40. The molecule has 4 atom stereocenters. The minimum Gasteiger partial charge on any atom is -0.463 e. The standard InChI is InChI=1S/C18H17Cl2N3O10/c1-6(24)30-5-11-15(31-7(2)25)16(32-8(3)26)17(33-11)22-10-4-9(19)12(20)14(23(28)29)13(10)21-18(22)27/h4,11,15-17H,5H2,1-3H3,(H,21,27)/t11-,15-,16-,17-/m1/s1. The highest BCUT2D eigenvalue weighted by Gasteiger charge is 2.51. The van der Waals surface area contributed by atoms with Crippen molar-refractivity contribution in [1.29, 1.82) is 0 Å². The molecule has 1 saturated heterocycles. The van der Waals surface area contributed by atoms with Gasteiger partial charge in [-0.3, -0.25) is 34.0 Å². The van der Waals surface area contributed by atoms with Crippen LogP contribution in [-0.4, -0.2) is 57.3 Å². The number of hydrogen-bond acceptors (Lipinski definition) is 10. The number of nitrogens with one attached hydrogen (secondary N) is 1. The van der Waals surface area contributed by atoms with Crippen LogP contribution in [0.25, 0.3) is 11.0 Å². The molecule has 0 aliphatic carbocycles. The van der Waals surface area contributed by atoms with Gasteiger partial charge < -0.3 is 18.9 Å². The molecule has 33 heavy (non-hydrogen) atoms. The number of rotatable bonds is 6. The zero-order valence-electron chi connectivity index (χ0n) is 17.3. The maximum atomic E-state index is 12.8. The Bertz CT molecular complexity index is 1210. The van der Waals surface area contributed by atoms with Crippen molar-refractivity contribution >= 4 is 57.8 Å². The lowest BCUT2D eigenvalue weighted by molar-refractivity contribution is -0.383. The predicted molar refractivity (Wildman–Crippen MR) is 111 cm³/mol. The number of halogens is 2. The summed E-state index contributed by atoms with van der Waals surface area (Å²) in [5.41, 5.74) is -1.87. The van der Waals surface area contributed by atoms with Crippen molar-refractivity contribution in [2.24, 2.45) is 0 Å². The number of aromatic nitrogens is 2. The number of H-pyrrole nitrogens is 1. The van der Waals surface area contributed by atoms with Crippen LogP contribution in [0.3, 0.4) is 0 Å². The maximum absolute atomic E-state index is 12.8. The molecule has 1 aliphatic heterocycles. The first kappa shape index (κ1) is 24.5. The van der Waals surface area contributed by atoms with Crippen molar-refractivity contribution in [2.45, 2.75) is 45.3 Å². The monoisotopic (exact) mass is 505 g/mol. The van der Waals surface area contributed by atoms with Gasteiger partial charge in [-0.15, -0.1) is 0 Å². The van der Waals surface area contributed by atoms with Gasteiger partial charge in [0.25, 0.3) is 0 Å². The van der Waals surface area contributed by atoms with Gasteiger partial charge in [0.15, 0.2) is 18.4 Å². The van der Waals surface area contributed by atoms with E-state index in [2.05, 4.69) is 4.98 Å². The summed E-state index contributed by atoms with van der Waals surface area (Å²) < 4.78 is 22.2. The molecular weight excluding hydrogens is 489 g/mol. The molecule has 1 fully saturated rings. The Kier molecular flexibility index (Phi) is 6.95. The van der Waals surface area contributed by atoms with Gasteiger partial charge >= 0.3 is 29.3 Å². The topological polar surface area (TPSA) is 169 Å². The fourth-order valence-electron chi connectivity index (χ4n) is 3.51. The molecule has 3 rings (SSSR count). The number of aromatic amines is 1. The average Bonchev–Trinajstić information content (AvgIpc) is 3.16. The van der Waals surface area contributed by atoms with Crippen LogP contribution in [0.15, 0.2) is 10.9 Å². The number of benzene rings is 1. The molecular formula is C18H17Cl2N3O10. The van der Waals surface area contributed by atoms with E-state index in [0.717, 1.165) is 25.3 Å². The van der Waals surface area contributed by atoms with Crippen molar-refractivity contribution in [1.82, 2.24) is 9.55 Å². The summed E-state index contributed by atoms with van der Waals surface area (Å²) in [6.07, 6.45) is -5.22. The molecule has 178 valence electrons. The van der Waals surface area contributed by atoms with Crippen LogP contribution in [0.1, 0.15) is 27.0 Å². The van der Waals surface area contributed by atoms with E-state index in [4.69, 9.17) is 42.1 Å². The van der Waals surface area contributed by atoms with Gasteiger partial charge in [0.1, 0.15) is 23.3 Å². The van der Waals surface area contributed by atoms with Crippen molar-refractivity contribution in [3.8, 4) is 0 Å². The SMILES string of the molecule is CC(=O)OC[C@H]1O[C@@H](n2c(=O)[nH]c3c([N+](=O)[O-])c(Cl)c(Cl)cc32)[C@H](OC(C)=O)[C@@H]1OC(C)=O. The minimum absolute atomic E-state index is 0.0852. The number of carbonyl (C=O) groups is 3. The van der Waals surface area contributed by atoms with E-state index in [0.29, 0.717) is 0 Å². The lowest BCUT2D eigenvalue weighted by Crippen LogP contribution is -2.41. The summed E-state index contributed by atoms with van der Waals surface area (Å²) in [5.74, 6) is -2.21. The molecule has 0 spiro atoms. The molecule has 0 amide bonds. The molecule has 15 heteroatoms. The van der Waals surface area contributed by atoms with Crippen LogP contribution < -0.4 is 5.69 Å². The first-order chi connectivity index (χ1) is 15.4. The molecule has 1 aliphatic rings. The quantitative estimate of drug-likeness (QED) is 0.264. The Morgan fingerprint density at radius 1 is 1.15 bits per heavy atom. The molecule has 13 nitrogen and oxygen atoms in total. The lowest BCUT2D eigenvalue weighted by atomic mass is 10.1. The van der Waals surface area contributed by atoms with E-state index in [9.17, 15) is 29.3 Å². The van der Waals surface area contributed by atoms with Crippen molar-refractivity contribution in [2.75, 3.05) is 6.61 Å². The maximum Gasteiger partial charge on any atom is 0.328 e. The third-order valence-electron chi connectivity index (χ3n) is 4.66. The number of carbonyl (C=O) groups excluding carboxylic acids is 3. The molecule has 1 N–H and O–H groups in total. The normalized spacial score (nSPS) is 22.2. The Morgan fingerprint density at radius 2 is 1.76 bits per heavy atom. The van der Waals surface area contributed by atoms with Gasteiger partial charge in [-0.2, -0.15) is 0 Å². The van der Waals surface area contributed by atoms with E-state index in [-0.39, 0.29) is 16.1 Å².